The van der Waals surface area contributed by atoms with Crippen LogP contribution < -0.4 is 0 Å². The zero-order valence-electron chi connectivity index (χ0n) is 12.9. The molecule has 1 atom stereocenters. The Morgan fingerprint density at radius 1 is 1.17 bits per heavy atom. The molecule has 0 bridgehead atoms. The van der Waals surface area contributed by atoms with Crippen LogP contribution in [0.25, 0.3) is 0 Å². The van der Waals surface area contributed by atoms with E-state index in [0.29, 0.717) is 41.4 Å². The van der Waals surface area contributed by atoms with E-state index in [9.17, 15) is 4.79 Å². The number of halogens is 2. The summed E-state index contributed by atoms with van der Waals surface area (Å²) in [6.45, 7) is 1.41. The molecule has 1 saturated carbocycles. The van der Waals surface area contributed by atoms with Crippen LogP contribution in [-0.4, -0.2) is 35.7 Å². The minimum absolute atomic E-state index is 0.132. The van der Waals surface area contributed by atoms with Crippen molar-refractivity contribution in [3.63, 3.8) is 0 Å². The Morgan fingerprint density at radius 3 is 2.62 bits per heavy atom. The van der Waals surface area contributed by atoms with Gasteiger partial charge < -0.3 is 14.2 Å². The first kappa shape index (κ1) is 15.9. The third-order valence-corrected chi connectivity index (χ3v) is 4.77. The Balaban J connectivity index is 1.50. The fourth-order valence-corrected chi connectivity index (χ4v) is 3.45. The van der Waals surface area contributed by atoms with Crippen LogP contribution in [0.1, 0.15) is 46.7 Å². The molecule has 2 fully saturated rings. The van der Waals surface area contributed by atoms with Crippen LogP contribution in [0.4, 0.5) is 0 Å². The highest BCUT2D eigenvalue weighted by atomic mass is 35.5. The SMILES string of the molecule is O=C(c1cc(C2CC2)on1)N1CCO[C@H](c2cc(Cl)cc(Cl)c2)C1. The Labute approximate surface area is 149 Å². The summed E-state index contributed by atoms with van der Waals surface area (Å²) in [5, 5.41) is 5.03. The topological polar surface area (TPSA) is 55.6 Å². The molecule has 126 valence electrons. The number of aromatic nitrogens is 1. The van der Waals surface area contributed by atoms with E-state index in [1.807, 2.05) is 12.1 Å². The number of carbonyl (C=O) groups is 1. The van der Waals surface area contributed by atoms with E-state index in [0.717, 1.165) is 24.2 Å². The molecule has 1 aromatic carbocycles. The maximum Gasteiger partial charge on any atom is 0.276 e. The summed E-state index contributed by atoms with van der Waals surface area (Å²) < 4.78 is 11.1. The first-order valence-corrected chi connectivity index (χ1v) is 8.69. The maximum atomic E-state index is 12.7. The zero-order valence-corrected chi connectivity index (χ0v) is 14.4. The quantitative estimate of drug-likeness (QED) is 0.821. The van der Waals surface area contributed by atoms with Gasteiger partial charge in [-0.25, -0.2) is 0 Å². The second-order valence-electron chi connectivity index (χ2n) is 6.20. The smallest absolute Gasteiger partial charge is 0.276 e. The number of benzene rings is 1. The number of hydrogen-bond acceptors (Lipinski definition) is 4. The van der Waals surface area contributed by atoms with Crippen molar-refractivity contribution < 1.29 is 14.1 Å². The van der Waals surface area contributed by atoms with Crippen LogP contribution in [0.5, 0.6) is 0 Å². The highest BCUT2D eigenvalue weighted by molar-refractivity contribution is 6.34. The van der Waals surface area contributed by atoms with E-state index in [1.165, 1.54) is 0 Å². The van der Waals surface area contributed by atoms with Gasteiger partial charge in [-0.2, -0.15) is 0 Å². The molecule has 0 radical (unpaired) electrons. The summed E-state index contributed by atoms with van der Waals surface area (Å²) in [6.07, 6.45) is 1.96. The molecule has 5 nitrogen and oxygen atoms in total. The number of morpholine rings is 1. The minimum Gasteiger partial charge on any atom is -0.370 e. The van der Waals surface area contributed by atoms with Gasteiger partial charge in [0.15, 0.2) is 5.69 Å². The lowest BCUT2D eigenvalue weighted by atomic mass is 10.1. The monoisotopic (exact) mass is 366 g/mol. The molecular weight excluding hydrogens is 351 g/mol. The van der Waals surface area contributed by atoms with Crippen molar-refractivity contribution in [3.8, 4) is 0 Å². The van der Waals surface area contributed by atoms with Crippen LogP contribution in [0.3, 0.4) is 0 Å². The molecule has 4 rings (SSSR count). The summed E-state index contributed by atoms with van der Waals surface area (Å²) in [4.78, 5) is 14.4. The van der Waals surface area contributed by atoms with Crippen molar-refractivity contribution >= 4 is 29.1 Å². The normalized spacial score (nSPS) is 21.1. The summed E-state index contributed by atoms with van der Waals surface area (Å²) in [5.41, 5.74) is 1.23. The van der Waals surface area contributed by atoms with Crippen LogP contribution in [0.2, 0.25) is 10.0 Å². The van der Waals surface area contributed by atoms with Gasteiger partial charge in [0, 0.05) is 28.6 Å². The van der Waals surface area contributed by atoms with E-state index in [2.05, 4.69) is 5.16 Å². The first-order valence-electron chi connectivity index (χ1n) is 7.93. The van der Waals surface area contributed by atoms with Gasteiger partial charge in [0.25, 0.3) is 5.91 Å². The third kappa shape index (κ3) is 3.29. The van der Waals surface area contributed by atoms with Gasteiger partial charge in [0.2, 0.25) is 0 Å². The fourth-order valence-electron chi connectivity index (χ4n) is 2.91. The summed E-state index contributed by atoms with van der Waals surface area (Å²) in [7, 11) is 0. The van der Waals surface area contributed by atoms with E-state index in [1.54, 1.807) is 17.0 Å². The predicted octanol–water partition coefficient (Wildman–Crippen LogP) is 4.07. The van der Waals surface area contributed by atoms with Gasteiger partial charge in [-0.15, -0.1) is 0 Å². The second-order valence-corrected chi connectivity index (χ2v) is 7.08. The number of nitrogens with zero attached hydrogens (tertiary/aromatic N) is 2. The Kier molecular flexibility index (Phi) is 4.24. The molecule has 0 N–H and O–H groups in total. The van der Waals surface area contributed by atoms with Gasteiger partial charge in [-0.3, -0.25) is 4.79 Å². The molecule has 1 aliphatic carbocycles. The molecule has 0 spiro atoms. The summed E-state index contributed by atoms with van der Waals surface area (Å²) in [5.74, 6) is 1.11. The zero-order chi connectivity index (χ0) is 16.7. The van der Waals surface area contributed by atoms with E-state index in [4.69, 9.17) is 32.5 Å². The molecule has 1 aliphatic heterocycles. The van der Waals surface area contributed by atoms with Gasteiger partial charge in [-0.05, 0) is 36.6 Å². The second kappa shape index (κ2) is 6.39. The molecule has 1 aromatic heterocycles. The molecule has 1 amide bonds. The standard InChI is InChI=1S/C17H16Cl2N2O3/c18-12-5-11(6-13(19)7-12)16-9-21(3-4-23-16)17(22)14-8-15(24-20-14)10-1-2-10/h5-8,10,16H,1-4,9H2/t16-/m0/s1. The molecule has 24 heavy (non-hydrogen) atoms. The van der Waals surface area contributed by atoms with Crippen molar-refractivity contribution in [2.45, 2.75) is 24.9 Å². The number of amides is 1. The van der Waals surface area contributed by atoms with E-state index in [-0.39, 0.29) is 12.0 Å². The summed E-state index contributed by atoms with van der Waals surface area (Å²) in [6, 6.07) is 7.06. The number of rotatable bonds is 3. The first-order chi connectivity index (χ1) is 11.6. The van der Waals surface area contributed by atoms with E-state index < -0.39 is 0 Å². The highest BCUT2D eigenvalue weighted by Gasteiger charge is 2.31. The maximum absolute atomic E-state index is 12.7. The largest absolute Gasteiger partial charge is 0.370 e. The average Bonchev–Trinajstić information content (AvgIpc) is 3.31. The summed E-state index contributed by atoms with van der Waals surface area (Å²) >= 11 is 12.1. The lowest BCUT2D eigenvalue weighted by Crippen LogP contribution is -2.42. The van der Waals surface area contributed by atoms with Crippen molar-refractivity contribution in [3.05, 3.63) is 51.3 Å². The lowest BCUT2D eigenvalue weighted by molar-refractivity contribution is -0.0231. The number of carbonyl (C=O) groups excluding carboxylic acids is 1. The van der Waals surface area contributed by atoms with Crippen LogP contribution in [0.15, 0.2) is 28.8 Å². The Bertz CT molecular complexity index is 753. The third-order valence-electron chi connectivity index (χ3n) is 4.34. The molecule has 1 saturated heterocycles. The van der Waals surface area contributed by atoms with Crippen LogP contribution >= 0.6 is 23.2 Å². The van der Waals surface area contributed by atoms with E-state index >= 15 is 0 Å². The van der Waals surface area contributed by atoms with Crippen LogP contribution in [-0.2, 0) is 4.74 Å². The van der Waals surface area contributed by atoms with Crippen molar-refractivity contribution in [2.75, 3.05) is 19.7 Å². The average molecular weight is 367 g/mol. The molecular formula is C17H16Cl2N2O3. The van der Waals surface area contributed by atoms with Crippen molar-refractivity contribution in [1.29, 1.82) is 0 Å². The lowest BCUT2D eigenvalue weighted by Gasteiger charge is -2.32. The van der Waals surface area contributed by atoms with Gasteiger partial charge >= 0.3 is 0 Å². The number of ether oxygens (including phenoxy) is 1. The van der Waals surface area contributed by atoms with Crippen molar-refractivity contribution in [1.82, 2.24) is 10.1 Å². The van der Waals surface area contributed by atoms with Gasteiger partial charge in [0.1, 0.15) is 11.9 Å². The predicted molar refractivity (Wildman–Crippen MR) is 89.5 cm³/mol. The Morgan fingerprint density at radius 2 is 1.92 bits per heavy atom. The van der Waals surface area contributed by atoms with Gasteiger partial charge in [-0.1, -0.05) is 28.4 Å². The molecule has 2 heterocycles. The Hall–Kier alpha value is -1.56. The molecule has 2 aromatic rings. The number of hydrogen-bond donors (Lipinski definition) is 0. The van der Waals surface area contributed by atoms with Crippen LogP contribution in [0, 0.1) is 0 Å². The molecule has 0 unspecified atom stereocenters. The molecule has 7 heteroatoms. The van der Waals surface area contributed by atoms with Gasteiger partial charge in [0.05, 0.1) is 13.2 Å². The molecule has 2 aliphatic rings. The highest BCUT2D eigenvalue weighted by Crippen LogP contribution is 2.40. The van der Waals surface area contributed by atoms with Crippen molar-refractivity contribution in [2.24, 2.45) is 0 Å². The fraction of sp³-hybridized carbons (Fsp3) is 0.412. The minimum atomic E-state index is -0.256.